The van der Waals surface area contributed by atoms with Crippen LogP contribution in [0.1, 0.15) is 23.6 Å². The van der Waals surface area contributed by atoms with Crippen LogP contribution in [0.3, 0.4) is 0 Å². The van der Waals surface area contributed by atoms with E-state index in [1.165, 1.54) is 0 Å². The molecule has 0 aromatic heterocycles. The number of methoxy groups -OCH3 is 1. The van der Waals surface area contributed by atoms with Gasteiger partial charge in [-0.2, -0.15) is 0 Å². The Kier molecular flexibility index (Phi) is 4.37. The van der Waals surface area contributed by atoms with Crippen molar-refractivity contribution >= 4 is 11.7 Å². The highest BCUT2D eigenvalue weighted by Crippen LogP contribution is 2.32. The molecule has 3 rings (SSSR count). The molecule has 0 spiro atoms. The van der Waals surface area contributed by atoms with Gasteiger partial charge in [-0.3, -0.25) is 0 Å². The van der Waals surface area contributed by atoms with Crippen molar-refractivity contribution in [3.63, 3.8) is 0 Å². The van der Waals surface area contributed by atoms with Gasteiger partial charge in [0.1, 0.15) is 11.5 Å². The van der Waals surface area contributed by atoms with Crippen LogP contribution in [0.15, 0.2) is 42.5 Å². The van der Waals surface area contributed by atoms with Crippen LogP contribution in [-0.4, -0.2) is 19.7 Å². The van der Waals surface area contributed by atoms with Crippen molar-refractivity contribution in [1.82, 2.24) is 5.32 Å². The van der Waals surface area contributed by atoms with Gasteiger partial charge in [-0.15, -0.1) is 0 Å². The minimum absolute atomic E-state index is 0.0595. The molecule has 0 saturated carbocycles. The first-order valence-electron chi connectivity index (χ1n) is 7.61. The number of carbonyl (C=O) groups excluding carboxylic acids is 1. The lowest BCUT2D eigenvalue weighted by Crippen LogP contribution is -2.35. The number of benzene rings is 2. The number of amides is 2. The topological polar surface area (TPSA) is 59.6 Å². The minimum Gasteiger partial charge on any atom is -0.495 e. The van der Waals surface area contributed by atoms with Gasteiger partial charge in [0.25, 0.3) is 0 Å². The summed E-state index contributed by atoms with van der Waals surface area (Å²) in [5.41, 5.74) is 2.72. The number of anilines is 1. The van der Waals surface area contributed by atoms with Crippen molar-refractivity contribution in [2.75, 3.05) is 19.0 Å². The first-order valence-corrected chi connectivity index (χ1v) is 7.61. The van der Waals surface area contributed by atoms with E-state index in [1.807, 2.05) is 49.4 Å². The molecule has 2 amide bonds. The van der Waals surface area contributed by atoms with Gasteiger partial charge in [0.05, 0.1) is 25.4 Å². The van der Waals surface area contributed by atoms with E-state index in [-0.39, 0.29) is 12.1 Å². The van der Waals surface area contributed by atoms with Gasteiger partial charge in [0.2, 0.25) is 0 Å². The SMILES string of the molecule is COc1ccc(C)cc1NC(=O)NC1CCOc2ccccc21. The van der Waals surface area contributed by atoms with Crippen molar-refractivity contribution in [3.8, 4) is 11.5 Å². The molecule has 2 N–H and O–H groups in total. The highest BCUT2D eigenvalue weighted by atomic mass is 16.5. The van der Waals surface area contributed by atoms with E-state index in [4.69, 9.17) is 9.47 Å². The summed E-state index contributed by atoms with van der Waals surface area (Å²) in [6, 6.07) is 13.1. The predicted octanol–water partition coefficient (Wildman–Crippen LogP) is 3.65. The normalized spacial score (nSPS) is 16.0. The number of hydrogen-bond acceptors (Lipinski definition) is 3. The van der Waals surface area contributed by atoms with Crippen molar-refractivity contribution in [1.29, 1.82) is 0 Å². The number of fused-ring (bicyclic) bond motifs is 1. The van der Waals surface area contributed by atoms with Crippen LogP contribution in [0.2, 0.25) is 0 Å². The quantitative estimate of drug-likeness (QED) is 0.909. The fraction of sp³-hybridized carbons (Fsp3) is 0.278. The lowest BCUT2D eigenvalue weighted by molar-refractivity contribution is 0.232. The molecule has 2 aromatic carbocycles. The molecule has 1 unspecified atom stereocenters. The van der Waals surface area contributed by atoms with Gasteiger partial charge in [-0.1, -0.05) is 24.3 Å². The Morgan fingerprint density at radius 2 is 2.09 bits per heavy atom. The zero-order valence-corrected chi connectivity index (χ0v) is 13.3. The number of para-hydroxylation sites is 1. The summed E-state index contributed by atoms with van der Waals surface area (Å²) in [5, 5.41) is 5.87. The lowest BCUT2D eigenvalue weighted by Gasteiger charge is -2.26. The van der Waals surface area contributed by atoms with Crippen molar-refractivity contribution in [2.45, 2.75) is 19.4 Å². The van der Waals surface area contributed by atoms with Gasteiger partial charge in [0, 0.05) is 12.0 Å². The second-order valence-electron chi connectivity index (χ2n) is 5.53. The van der Waals surface area contributed by atoms with E-state index in [9.17, 15) is 4.79 Å². The molecular weight excluding hydrogens is 292 g/mol. The third kappa shape index (κ3) is 3.39. The van der Waals surface area contributed by atoms with Crippen LogP contribution < -0.4 is 20.1 Å². The second-order valence-corrected chi connectivity index (χ2v) is 5.53. The second kappa shape index (κ2) is 6.60. The molecule has 1 aliphatic heterocycles. The average molecular weight is 312 g/mol. The van der Waals surface area contributed by atoms with Crippen molar-refractivity contribution in [2.24, 2.45) is 0 Å². The molecule has 0 aliphatic carbocycles. The Labute approximate surface area is 135 Å². The van der Waals surface area contributed by atoms with Gasteiger partial charge >= 0.3 is 6.03 Å². The zero-order chi connectivity index (χ0) is 16.2. The Hall–Kier alpha value is -2.69. The number of rotatable bonds is 3. The maximum absolute atomic E-state index is 12.4. The maximum atomic E-state index is 12.4. The number of nitrogens with one attached hydrogen (secondary N) is 2. The molecular formula is C18H20N2O3. The molecule has 0 saturated heterocycles. The molecule has 5 nitrogen and oxygen atoms in total. The van der Waals surface area contributed by atoms with E-state index in [1.54, 1.807) is 7.11 Å². The standard InChI is InChI=1S/C18H20N2O3/c1-12-7-8-17(22-2)15(11-12)20-18(21)19-14-9-10-23-16-6-4-3-5-13(14)16/h3-8,11,14H,9-10H2,1-2H3,(H2,19,20,21). The molecule has 0 bridgehead atoms. The first kappa shape index (κ1) is 15.2. The predicted molar refractivity (Wildman–Crippen MR) is 89.2 cm³/mol. The van der Waals surface area contributed by atoms with E-state index >= 15 is 0 Å². The van der Waals surface area contributed by atoms with Crippen LogP contribution in [-0.2, 0) is 0 Å². The summed E-state index contributed by atoms with van der Waals surface area (Å²) in [4.78, 5) is 12.4. The molecule has 2 aromatic rings. The third-order valence-electron chi connectivity index (χ3n) is 3.87. The zero-order valence-electron chi connectivity index (χ0n) is 13.3. The number of aryl methyl sites for hydroxylation is 1. The summed E-state index contributed by atoms with van der Waals surface area (Å²) >= 11 is 0. The van der Waals surface area contributed by atoms with Crippen LogP contribution in [0.25, 0.3) is 0 Å². The molecule has 120 valence electrons. The molecule has 5 heteroatoms. The number of urea groups is 1. The van der Waals surface area contributed by atoms with Crippen LogP contribution in [0, 0.1) is 6.92 Å². The molecule has 1 aliphatic rings. The largest absolute Gasteiger partial charge is 0.495 e. The van der Waals surface area contributed by atoms with E-state index in [0.717, 1.165) is 23.3 Å². The van der Waals surface area contributed by atoms with E-state index < -0.39 is 0 Å². The smallest absolute Gasteiger partial charge is 0.319 e. The minimum atomic E-state index is -0.254. The van der Waals surface area contributed by atoms with Gasteiger partial charge in [0.15, 0.2) is 0 Å². The van der Waals surface area contributed by atoms with Gasteiger partial charge < -0.3 is 20.1 Å². The van der Waals surface area contributed by atoms with Crippen molar-refractivity contribution in [3.05, 3.63) is 53.6 Å². The van der Waals surface area contributed by atoms with Gasteiger partial charge in [-0.25, -0.2) is 4.79 Å². The summed E-state index contributed by atoms with van der Waals surface area (Å²) in [6.45, 7) is 2.56. The molecule has 0 radical (unpaired) electrons. The molecule has 1 heterocycles. The molecule has 0 fully saturated rings. The van der Waals surface area contributed by atoms with Crippen molar-refractivity contribution < 1.29 is 14.3 Å². The third-order valence-corrected chi connectivity index (χ3v) is 3.87. The number of carbonyl (C=O) groups is 1. The maximum Gasteiger partial charge on any atom is 0.319 e. The first-order chi connectivity index (χ1) is 11.2. The summed E-state index contributed by atoms with van der Waals surface area (Å²) in [5.74, 6) is 1.47. The average Bonchev–Trinajstić information content (AvgIpc) is 2.55. The summed E-state index contributed by atoms with van der Waals surface area (Å²) in [6.07, 6.45) is 0.745. The monoisotopic (exact) mass is 312 g/mol. The summed E-state index contributed by atoms with van der Waals surface area (Å²) < 4.78 is 10.9. The van der Waals surface area contributed by atoms with Crippen LogP contribution >= 0.6 is 0 Å². The Balaban J connectivity index is 1.73. The molecule has 1 atom stereocenters. The van der Waals surface area contributed by atoms with E-state index in [0.29, 0.717) is 18.0 Å². The molecule has 23 heavy (non-hydrogen) atoms. The van der Waals surface area contributed by atoms with E-state index in [2.05, 4.69) is 10.6 Å². The van der Waals surface area contributed by atoms with Crippen LogP contribution in [0.5, 0.6) is 11.5 Å². The highest BCUT2D eigenvalue weighted by molar-refractivity contribution is 5.91. The van der Waals surface area contributed by atoms with Crippen LogP contribution in [0.4, 0.5) is 10.5 Å². The fourth-order valence-electron chi connectivity index (χ4n) is 2.73. The fourth-order valence-corrected chi connectivity index (χ4v) is 2.73. The van der Waals surface area contributed by atoms with Gasteiger partial charge in [-0.05, 0) is 30.7 Å². The summed E-state index contributed by atoms with van der Waals surface area (Å²) in [7, 11) is 1.59. The lowest BCUT2D eigenvalue weighted by atomic mass is 10.0. The number of hydrogen-bond donors (Lipinski definition) is 2. The Morgan fingerprint density at radius 1 is 1.26 bits per heavy atom. The Morgan fingerprint density at radius 3 is 2.91 bits per heavy atom. The number of ether oxygens (including phenoxy) is 2. The Bertz CT molecular complexity index is 715. The highest BCUT2D eigenvalue weighted by Gasteiger charge is 2.22.